The molecule has 0 spiro atoms. The lowest BCUT2D eigenvalue weighted by atomic mass is 9.99. The number of phenols is 1. The van der Waals surface area contributed by atoms with Crippen LogP contribution >= 0.6 is 15.9 Å². The number of nitrogens with one attached hydrogen (secondary N) is 1. The minimum atomic E-state index is 0.187. The summed E-state index contributed by atoms with van der Waals surface area (Å²) in [5.41, 5.74) is 3.90. The second-order valence-electron chi connectivity index (χ2n) is 5.42. The number of aromatic hydroxyl groups is 1. The fraction of sp³-hybridized carbons (Fsp3) is 0.294. The van der Waals surface area contributed by atoms with Gasteiger partial charge in [0.15, 0.2) is 0 Å². The average molecular weight is 348 g/mol. The molecule has 0 aromatic heterocycles. The quantitative estimate of drug-likeness (QED) is 0.826. The molecule has 0 fully saturated rings. The second-order valence-corrected chi connectivity index (χ2v) is 6.34. The first-order valence-electron chi connectivity index (χ1n) is 7.04. The number of phenolic OH excluding ortho intramolecular Hbond substituents is 1. The fourth-order valence-corrected chi connectivity index (χ4v) is 3.07. The van der Waals surface area contributed by atoms with Gasteiger partial charge in [-0.2, -0.15) is 0 Å². The molecule has 21 heavy (non-hydrogen) atoms. The van der Waals surface area contributed by atoms with E-state index in [0.29, 0.717) is 12.4 Å². The molecule has 3 rings (SSSR count). The van der Waals surface area contributed by atoms with Crippen molar-refractivity contribution in [3.8, 4) is 11.5 Å². The lowest BCUT2D eigenvalue weighted by Crippen LogP contribution is -2.20. The Balaban J connectivity index is 1.94. The highest BCUT2D eigenvalue weighted by Gasteiger charge is 2.22. The maximum Gasteiger partial charge on any atom is 0.124 e. The van der Waals surface area contributed by atoms with Crippen molar-refractivity contribution >= 4 is 21.6 Å². The van der Waals surface area contributed by atoms with Crippen molar-refractivity contribution in [2.24, 2.45) is 0 Å². The van der Waals surface area contributed by atoms with Gasteiger partial charge in [0.05, 0.1) is 12.6 Å². The predicted molar refractivity (Wildman–Crippen MR) is 88.2 cm³/mol. The van der Waals surface area contributed by atoms with E-state index in [1.165, 1.54) is 0 Å². The summed E-state index contributed by atoms with van der Waals surface area (Å²) in [5, 5.41) is 13.6. The van der Waals surface area contributed by atoms with Crippen LogP contribution < -0.4 is 10.1 Å². The molecule has 0 bridgehead atoms. The number of anilines is 1. The number of rotatable bonds is 2. The van der Waals surface area contributed by atoms with E-state index in [4.69, 9.17) is 4.74 Å². The highest BCUT2D eigenvalue weighted by Crippen LogP contribution is 2.38. The van der Waals surface area contributed by atoms with Crippen molar-refractivity contribution in [2.45, 2.75) is 26.3 Å². The largest absolute Gasteiger partial charge is 0.507 e. The molecule has 1 aliphatic rings. The first kappa shape index (κ1) is 14.3. The zero-order valence-electron chi connectivity index (χ0n) is 12.1. The standard InChI is InChI=1S/C17H18BrNO2/c1-10-3-5-14(11(2)17(10)20)19-15-7-8-21-16-6-4-12(18)9-13(15)16/h3-6,9,15,19-20H,7-8H2,1-2H3. The fourth-order valence-electron chi connectivity index (χ4n) is 2.69. The van der Waals surface area contributed by atoms with Gasteiger partial charge in [-0.1, -0.05) is 22.0 Å². The summed E-state index contributed by atoms with van der Waals surface area (Å²) in [6, 6.07) is 10.2. The molecule has 1 atom stereocenters. The zero-order chi connectivity index (χ0) is 15.0. The topological polar surface area (TPSA) is 41.5 Å². The number of hydrogen-bond donors (Lipinski definition) is 2. The van der Waals surface area contributed by atoms with E-state index in [9.17, 15) is 5.11 Å². The summed E-state index contributed by atoms with van der Waals surface area (Å²) >= 11 is 3.52. The van der Waals surface area contributed by atoms with Gasteiger partial charge in [-0.25, -0.2) is 0 Å². The van der Waals surface area contributed by atoms with Crippen LogP contribution in [0.15, 0.2) is 34.8 Å². The second kappa shape index (κ2) is 5.60. The Hall–Kier alpha value is -1.68. The van der Waals surface area contributed by atoms with Crippen LogP contribution in [0.1, 0.15) is 29.2 Å². The first-order chi connectivity index (χ1) is 10.1. The van der Waals surface area contributed by atoms with E-state index in [1.54, 1.807) is 0 Å². The Morgan fingerprint density at radius 3 is 2.86 bits per heavy atom. The Labute approximate surface area is 133 Å². The van der Waals surface area contributed by atoms with Crippen molar-refractivity contribution in [1.29, 1.82) is 0 Å². The summed E-state index contributed by atoms with van der Waals surface area (Å²) in [7, 11) is 0. The van der Waals surface area contributed by atoms with Crippen molar-refractivity contribution in [3.63, 3.8) is 0 Å². The summed E-state index contributed by atoms with van der Waals surface area (Å²) < 4.78 is 6.75. The van der Waals surface area contributed by atoms with Gasteiger partial charge in [0, 0.05) is 27.7 Å². The third kappa shape index (κ3) is 2.72. The van der Waals surface area contributed by atoms with Crippen LogP contribution in [0, 0.1) is 13.8 Å². The summed E-state index contributed by atoms with van der Waals surface area (Å²) in [6.07, 6.45) is 0.900. The van der Waals surface area contributed by atoms with Gasteiger partial charge in [-0.3, -0.25) is 0 Å². The molecular formula is C17H18BrNO2. The van der Waals surface area contributed by atoms with Gasteiger partial charge >= 0.3 is 0 Å². The summed E-state index contributed by atoms with van der Waals surface area (Å²) in [6.45, 7) is 4.54. The van der Waals surface area contributed by atoms with Crippen LogP contribution in [0.4, 0.5) is 5.69 Å². The number of ether oxygens (including phenoxy) is 1. The average Bonchev–Trinajstić information content (AvgIpc) is 2.48. The first-order valence-corrected chi connectivity index (χ1v) is 7.83. The third-order valence-electron chi connectivity index (χ3n) is 3.97. The molecule has 0 amide bonds. The summed E-state index contributed by atoms with van der Waals surface area (Å²) in [4.78, 5) is 0. The molecule has 0 aliphatic carbocycles. The molecule has 2 N–H and O–H groups in total. The van der Waals surface area contributed by atoms with Gasteiger partial charge < -0.3 is 15.2 Å². The van der Waals surface area contributed by atoms with Crippen molar-refractivity contribution in [2.75, 3.05) is 11.9 Å². The van der Waals surface area contributed by atoms with Crippen LogP contribution in [0.5, 0.6) is 11.5 Å². The van der Waals surface area contributed by atoms with Crippen molar-refractivity contribution in [3.05, 3.63) is 51.5 Å². The Kier molecular flexibility index (Phi) is 3.81. The van der Waals surface area contributed by atoms with E-state index >= 15 is 0 Å². The SMILES string of the molecule is Cc1ccc(NC2CCOc3ccc(Br)cc32)c(C)c1O. The smallest absolute Gasteiger partial charge is 0.124 e. The molecule has 3 nitrogen and oxygen atoms in total. The minimum Gasteiger partial charge on any atom is -0.507 e. The van der Waals surface area contributed by atoms with Crippen molar-refractivity contribution in [1.82, 2.24) is 0 Å². The van der Waals surface area contributed by atoms with Crippen molar-refractivity contribution < 1.29 is 9.84 Å². The van der Waals surface area contributed by atoms with E-state index in [1.807, 2.05) is 38.1 Å². The number of benzene rings is 2. The normalized spacial score (nSPS) is 17.0. The highest BCUT2D eigenvalue weighted by atomic mass is 79.9. The van der Waals surface area contributed by atoms with Crippen LogP contribution in [-0.2, 0) is 0 Å². The monoisotopic (exact) mass is 347 g/mol. The van der Waals surface area contributed by atoms with Crippen LogP contribution in [-0.4, -0.2) is 11.7 Å². The Bertz CT molecular complexity index is 685. The number of hydrogen-bond acceptors (Lipinski definition) is 3. The number of aryl methyl sites for hydroxylation is 1. The van der Waals surface area contributed by atoms with Crippen LogP contribution in [0.25, 0.3) is 0 Å². The zero-order valence-corrected chi connectivity index (χ0v) is 13.7. The highest BCUT2D eigenvalue weighted by molar-refractivity contribution is 9.10. The Morgan fingerprint density at radius 2 is 2.05 bits per heavy atom. The van der Waals surface area contributed by atoms with E-state index in [-0.39, 0.29) is 6.04 Å². The van der Waals surface area contributed by atoms with E-state index in [0.717, 1.165) is 39.0 Å². The molecule has 110 valence electrons. The number of halogens is 1. The van der Waals surface area contributed by atoms with Gasteiger partial charge in [0.2, 0.25) is 0 Å². The van der Waals surface area contributed by atoms with Gasteiger partial charge in [0.1, 0.15) is 11.5 Å². The number of fused-ring (bicyclic) bond motifs is 1. The molecular weight excluding hydrogens is 330 g/mol. The molecule has 1 unspecified atom stereocenters. The summed E-state index contributed by atoms with van der Waals surface area (Å²) in [5.74, 6) is 1.29. The molecule has 4 heteroatoms. The van der Waals surface area contributed by atoms with Gasteiger partial charge in [-0.05, 0) is 43.7 Å². The molecule has 2 aromatic carbocycles. The van der Waals surface area contributed by atoms with Crippen LogP contribution in [0.2, 0.25) is 0 Å². The Morgan fingerprint density at radius 1 is 1.24 bits per heavy atom. The van der Waals surface area contributed by atoms with Crippen LogP contribution in [0.3, 0.4) is 0 Å². The maximum atomic E-state index is 10.1. The predicted octanol–water partition coefficient (Wildman–Crippen LogP) is 4.71. The third-order valence-corrected chi connectivity index (χ3v) is 4.47. The molecule has 0 saturated heterocycles. The molecule has 1 heterocycles. The molecule has 0 saturated carbocycles. The lowest BCUT2D eigenvalue weighted by Gasteiger charge is -2.28. The van der Waals surface area contributed by atoms with E-state index < -0.39 is 0 Å². The van der Waals surface area contributed by atoms with E-state index in [2.05, 4.69) is 27.3 Å². The van der Waals surface area contributed by atoms with Gasteiger partial charge in [0.25, 0.3) is 0 Å². The molecule has 1 aliphatic heterocycles. The van der Waals surface area contributed by atoms with Gasteiger partial charge in [-0.15, -0.1) is 0 Å². The molecule has 0 radical (unpaired) electrons. The lowest BCUT2D eigenvalue weighted by molar-refractivity contribution is 0.274. The maximum absolute atomic E-state index is 10.1. The minimum absolute atomic E-state index is 0.187. The molecule has 2 aromatic rings.